The summed E-state index contributed by atoms with van der Waals surface area (Å²) in [4.78, 5) is 2.03. The van der Waals surface area contributed by atoms with Gasteiger partial charge in [-0.2, -0.15) is 0 Å². The number of benzene rings is 1. The summed E-state index contributed by atoms with van der Waals surface area (Å²) in [5.74, 6) is 0.368. The van der Waals surface area contributed by atoms with Gasteiger partial charge in [0.25, 0.3) is 0 Å². The van der Waals surface area contributed by atoms with Crippen molar-refractivity contribution >= 4 is 0 Å². The molecule has 0 bridgehead atoms. The molecule has 0 aliphatic rings. The smallest absolute Gasteiger partial charge is 0.131 e. The third-order valence-electron chi connectivity index (χ3n) is 2.76. The van der Waals surface area contributed by atoms with Crippen LogP contribution >= 0.6 is 0 Å². The lowest BCUT2D eigenvalue weighted by molar-refractivity contribution is 0.260. The molecule has 0 amide bonds. The number of hydrogen-bond donors (Lipinski definition) is 1. The lowest BCUT2D eigenvalue weighted by Crippen LogP contribution is -2.20. The molecule has 1 rings (SSSR count). The van der Waals surface area contributed by atoms with Crippen LogP contribution in [0.15, 0.2) is 18.2 Å². The Kier molecular flexibility index (Phi) is 6.09. The molecule has 102 valence electrons. The van der Waals surface area contributed by atoms with Crippen LogP contribution in [0.3, 0.4) is 0 Å². The lowest BCUT2D eigenvalue weighted by Gasteiger charge is -2.15. The van der Waals surface area contributed by atoms with E-state index in [0.717, 1.165) is 13.1 Å². The molecule has 0 heterocycles. The minimum Gasteiger partial charge on any atom is -0.492 e. The lowest BCUT2D eigenvalue weighted by atomic mass is 10.1. The Morgan fingerprint density at radius 2 is 2.11 bits per heavy atom. The van der Waals surface area contributed by atoms with Crippen molar-refractivity contribution in [3.8, 4) is 5.75 Å². The van der Waals surface area contributed by atoms with Crippen molar-refractivity contribution in [2.24, 2.45) is 0 Å². The zero-order valence-corrected chi connectivity index (χ0v) is 11.7. The average molecular weight is 254 g/mol. The largest absolute Gasteiger partial charge is 0.492 e. The van der Waals surface area contributed by atoms with E-state index in [0.29, 0.717) is 17.9 Å². The Labute approximate surface area is 109 Å². The number of hydrogen-bond acceptors (Lipinski definition) is 3. The van der Waals surface area contributed by atoms with Crippen molar-refractivity contribution in [2.45, 2.75) is 19.9 Å². The first-order valence-corrected chi connectivity index (χ1v) is 6.35. The van der Waals surface area contributed by atoms with Crippen LogP contribution in [0.1, 0.15) is 25.5 Å². The van der Waals surface area contributed by atoms with E-state index < -0.39 is 0 Å². The summed E-state index contributed by atoms with van der Waals surface area (Å²) in [7, 11) is 3.95. The first kappa shape index (κ1) is 14.9. The molecule has 0 radical (unpaired) electrons. The molecule has 0 saturated heterocycles. The highest BCUT2D eigenvalue weighted by Crippen LogP contribution is 2.21. The molecule has 1 unspecified atom stereocenters. The second-order valence-corrected chi connectivity index (χ2v) is 4.61. The molecule has 18 heavy (non-hydrogen) atoms. The van der Waals surface area contributed by atoms with Crippen molar-refractivity contribution in [1.29, 1.82) is 0 Å². The Balaban J connectivity index is 2.61. The van der Waals surface area contributed by atoms with E-state index in [4.69, 9.17) is 4.74 Å². The summed E-state index contributed by atoms with van der Waals surface area (Å²) in [5, 5.41) is 3.19. The molecule has 1 N–H and O–H groups in total. The van der Waals surface area contributed by atoms with Crippen LogP contribution in [0, 0.1) is 5.82 Å². The van der Waals surface area contributed by atoms with Crippen LogP contribution < -0.4 is 10.1 Å². The third-order valence-corrected chi connectivity index (χ3v) is 2.76. The van der Waals surface area contributed by atoms with Crippen molar-refractivity contribution < 1.29 is 9.13 Å². The first-order chi connectivity index (χ1) is 8.54. The molecule has 0 fully saturated rings. The monoisotopic (exact) mass is 254 g/mol. The topological polar surface area (TPSA) is 24.5 Å². The fraction of sp³-hybridized carbons (Fsp3) is 0.571. The highest BCUT2D eigenvalue weighted by atomic mass is 19.1. The summed E-state index contributed by atoms with van der Waals surface area (Å²) < 4.78 is 19.4. The van der Waals surface area contributed by atoms with Gasteiger partial charge in [0.1, 0.15) is 18.2 Å². The molecule has 0 spiro atoms. The van der Waals surface area contributed by atoms with Gasteiger partial charge in [-0.15, -0.1) is 0 Å². The molecule has 4 heteroatoms. The molecular weight excluding hydrogens is 231 g/mol. The summed E-state index contributed by atoms with van der Waals surface area (Å²) >= 11 is 0. The Hall–Kier alpha value is -1.13. The number of rotatable bonds is 7. The van der Waals surface area contributed by atoms with E-state index in [1.807, 2.05) is 38.9 Å². The zero-order chi connectivity index (χ0) is 13.5. The number of nitrogens with zero attached hydrogens (tertiary/aromatic N) is 1. The number of nitrogens with one attached hydrogen (secondary N) is 1. The van der Waals surface area contributed by atoms with Gasteiger partial charge in [-0.05, 0) is 33.6 Å². The number of halogens is 1. The minimum atomic E-state index is -0.217. The van der Waals surface area contributed by atoms with E-state index in [1.54, 1.807) is 6.07 Å². The highest BCUT2D eigenvalue weighted by molar-refractivity contribution is 5.30. The average Bonchev–Trinajstić information content (AvgIpc) is 2.28. The van der Waals surface area contributed by atoms with Gasteiger partial charge in [0.15, 0.2) is 0 Å². The minimum absolute atomic E-state index is 0.0193. The Bertz CT molecular complexity index is 369. The first-order valence-electron chi connectivity index (χ1n) is 6.35. The summed E-state index contributed by atoms with van der Waals surface area (Å²) in [5.41, 5.74) is 0.678. The molecule has 0 aliphatic carbocycles. The molecule has 1 aromatic rings. The number of likely N-dealkylation sites (N-methyl/N-ethyl adjacent to an activating group) is 1. The van der Waals surface area contributed by atoms with Crippen LogP contribution in [0.2, 0.25) is 0 Å². The molecule has 1 atom stereocenters. The van der Waals surface area contributed by atoms with Gasteiger partial charge in [0.2, 0.25) is 0 Å². The molecule has 0 saturated carbocycles. The summed E-state index contributed by atoms with van der Waals surface area (Å²) in [6.07, 6.45) is 0. The van der Waals surface area contributed by atoms with Gasteiger partial charge < -0.3 is 15.0 Å². The van der Waals surface area contributed by atoms with Crippen molar-refractivity contribution in [3.05, 3.63) is 29.6 Å². The van der Waals surface area contributed by atoms with Crippen molar-refractivity contribution in [2.75, 3.05) is 33.8 Å². The maximum atomic E-state index is 13.9. The van der Waals surface area contributed by atoms with Crippen molar-refractivity contribution in [1.82, 2.24) is 10.2 Å². The molecule has 3 nitrogen and oxygen atoms in total. The predicted molar refractivity (Wildman–Crippen MR) is 72.5 cm³/mol. The van der Waals surface area contributed by atoms with Gasteiger partial charge in [-0.3, -0.25) is 0 Å². The highest BCUT2D eigenvalue weighted by Gasteiger charge is 2.10. The van der Waals surface area contributed by atoms with E-state index in [2.05, 4.69) is 5.32 Å². The second-order valence-electron chi connectivity index (χ2n) is 4.61. The molecule has 1 aromatic carbocycles. The van der Waals surface area contributed by atoms with E-state index >= 15 is 0 Å². The van der Waals surface area contributed by atoms with E-state index in [9.17, 15) is 4.39 Å². The number of ether oxygens (including phenoxy) is 1. The zero-order valence-electron chi connectivity index (χ0n) is 11.7. The fourth-order valence-electron chi connectivity index (χ4n) is 1.71. The Morgan fingerprint density at radius 3 is 2.67 bits per heavy atom. The predicted octanol–water partition coefficient (Wildman–Crippen LogP) is 2.44. The molecule has 0 aromatic heterocycles. The maximum absolute atomic E-state index is 13.9. The maximum Gasteiger partial charge on any atom is 0.131 e. The van der Waals surface area contributed by atoms with Gasteiger partial charge in [-0.1, -0.05) is 13.0 Å². The fourth-order valence-corrected chi connectivity index (χ4v) is 1.71. The van der Waals surface area contributed by atoms with Gasteiger partial charge in [0.05, 0.1) is 0 Å². The third kappa shape index (κ3) is 4.63. The van der Waals surface area contributed by atoms with Crippen molar-refractivity contribution in [3.63, 3.8) is 0 Å². The van der Waals surface area contributed by atoms with Crippen LogP contribution in [0.5, 0.6) is 5.75 Å². The standard InChI is InChI=1S/C14H23FN2O/c1-5-16-11(2)13-7-6-12(10-14(13)15)18-9-8-17(3)4/h6-7,10-11,16H,5,8-9H2,1-4H3. The van der Waals surface area contributed by atoms with E-state index in [-0.39, 0.29) is 11.9 Å². The second kappa shape index (κ2) is 7.34. The SMILES string of the molecule is CCNC(C)c1ccc(OCCN(C)C)cc1F. The molecule has 0 aliphatic heterocycles. The normalized spacial score (nSPS) is 12.8. The summed E-state index contributed by atoms with van der Waals surface area (Å²) in [6, 6.07) is 5.08. The van der Waals surface area contributed by atoms with Crippen LogP contribution in [-0.2, 0) is 0 Å². The Morgan fingerprint density at radius 1 is 1.39 bits per heavy atom. The van der Waals surface area contributed by atoms with Crippen LogP contribution in [0.25, 0.3) is 0 Å². The van der Waals surface area contributed by atoms with Gasteiger partial charge >= 0.3 is 0 Å². The quantitative estimate of drug-likeness (QED) is 0.809. The molecular formula is C14H23FN2O. The summed E-state index contributed by atoms with van der Waals surface area (Å²) in [6.45, 7) is 6.16. The van der Waals surface area contributed by atoms with Gasteiger partial charge in [-0.25, -0.2) is 4.39 Å². The van der Waals surface area contributed by atoms with Gasteiger partial charge in [0, 0.05) is 24.2 Å². The van der Waals surface area contributed by atoms with E-state index in [1.165, 1.54) is 6.07 Å². The van der Waals surface area contributed by atoms with Crippen LogP contribution in [0.4, 0.5) is 4.39 Å². The van der Waals surface area contributed by atoms with Crippen LogP contribution in [-0.4, -0.2) is 38.7 Å².